The van der Waals surface area contributed by atoms with E-state index in [1.165, 1.54) is 10.9 Å². The van der Waals surface area contributed by atoms with E-state index in [4.69, 9.17) is 4.74 Å². The molecule has 0 bridgehead atoms. The van der Waals surface area contributed by atoms with Crippen molar-refractivity contribution in [1.29, 1.82) is 0 Å². The lowest BCUT2D eigenvalue weighted by Crippen LogP contribution is -1.86. The predicted octanol–water partition coefficient (Wildman–Crippen LogP) is 4.15. The summed E-state index contributed by atoms with van der Waals surface area (Å²) in [5, 5.41) is 1.18. The molecule has 3 rings (SSSR count). The van der Waals surface area contributed by atoms with Gasteiger partial charge in [0.2, 0.25) is 0 Å². The quantitative estimate of drug-likeness (QED) is 0.711. The Kier molecular flexibility index (Phi) is 2.56. The lowest BCUT2D eigenvalue weighted by molar-refractivity contribution is 0.412. The third-order valence-electron chi connectivity index (χ3n) is 3.22. The van der Waals surface area contributed by atoms with E-state index in [1.54, 1.807) is 7.11 Å². The van der Waals surface area contributed by atoms with Gasteiger partial charge in [0.05, 0.1) is 7.11 Å². The highest BCUT2D eigenvalue weighted by molar-refractivity contribution is 5.87. The Labute approximate surface area is 106 Å². The van der Waals surface area contributed by atoms with E-state index in [-0.39, 0.29) is 0 Å². The molecule has 0 saturated carbocycles. The summed E-state index contributed by atoms with van der Waals surface area (Å²) in [5.74, 6) is 0.932. The molecule has 1 N–H and O–H groups in total. The zero-order valence-electron chi connectivity index (χ0n) is 10.5. The zero-order chi connectivity index (χ0) is 12.5. The molecule has 0 spiro atoms. The Morgan fingerprint density at radius 1 is 1.00 bits per heavy atom. The van der Waals surface area contributed by atoms with Crippen molar-refractivity contribution in [3.63, 3.8) is 0 Å². The lowest BCUT2D eigenvalue weighted by Gasteiger charge is -2.03. The third-order valence-corrected chi connectivity index (χ3v) is 3.22. The maximum Gasteiger partial charge on any atom is 0.122 e. The van der Waals surface area contributed by atoms with E-state index < -0.39 is 0 Å². The summed E-state index contributed by atoms with van der Waals surface area (Å²) in [6, 6.07) is 16.7. The second-order valence-corrected chi connectivity index (χ2v) is 4.46. The highest BCUT2D eigenvalue weighted by Gasteiger charge is 2.06. The summed E-state index contributed by atoms with van der Waals surface area (Å²) in [5.41, 5.74) is 4.63. The van der Waals surface area contributed by atoms with Gasteiger partial charge in [-0.15, -0.1) is 0 Å². The minimum Gasteiger partial charge on any atom is -0.496 e. The number of aromatic amines is 1. The number of methoxy groups -OCH3 is 1. The van der Waals surface area contributed by atoms with Gasteiger partial charge in [0.15, 0.2) is 0 Å². The Morgan fingerprint density at radius 3 is 2.50 bits per heavy atom. The molecule has 2 heteroatoms. The standard InChI is InChI=1S/C16H15NO/c1-11-8-14-13(10-16(11)18-2)9-15(17-14)12-6-4-3-5-7-12/h3-10,17H,1-2H3. The van der Waals surface area contributed by atoms with Gasteiger partial charge in [0.25, 0.3) is 0 Å². The van der Waals surface area contributed by atoms with Crippen LogP contribution < -0.4 is 4.74 Å². The van der Waals surface area contributed by atoms with E-state index in [1.807, 2.05) is 18.2 Å². The Morgan fingerprint density at radius 2 is 1.78 bits per heavy atom. The molecule has 0 aliphatic rings. The molecule has 3 aromatic rings. The second kappa shape index (κ2) is 4.22. The predicted molar refractivity (Wildman–Crippen MR) is 75.0 cm³/mol. The Balaban J connectivity index is 2.17. The number of nitrogens with one attached hydrogen (secondary N) is 1. The van der Waals surface area contributed by atoms with Crippen molar-refractivity contribution in [3.8, 4) is 17.0 Å². The first-order valence-electron chi connectivity index (χ1n) is 6.01. The number of fused-ring (bicyclic) bond motifs is 1. The molecular formula is C16H15NO. The van der Waals surface area contributed by atoms with Gasteiger partial charge in [-0.2, -0.15) is 0 Å². The minimum absolute atomic E-state index is 0.932. The molecule has 0 saturated heterocycles. The summed E-state index contributed by atoms with van der Waals surface area (Å²) in [4.78, 5) is 3.45. The van der Waals surface area contributed by atoms with Crippen molar-refractivity contribution in [1.82, 2.24) is 4.98 Å². The van der Waals surface area contributed by atoms with Gasteiger partial charge in [0, 0.05) is 16.6 Å². The molecule has 0 radical (unpaired) electrons. The largest absolute Gasteiger partial charge is 0.496 e. The number of hydrogen-bond donors (Lipinski definition) is 1. The number of ether oxygens (including phenoxy) is 1. The fraction of sp³-hybridized carbons (Fsp3) is 0.125. The monoisotopic (exact) mass is 237 g/mol. The van der Waals surface area contributed by atoms with Gasteiger partial charge < -0.3 is 9.72 Å². The van der Waals surface area contributed by atoms with Crippen LogP contribution in [0.15, 0.2) is 48.5 Å². The summed E-state index contributed by atoms with van der Waals surface area (Å²) >= 11 is 0. The molecule has 1 aromatic heterocycles. The maximum absolute atomic E-state index is 5.35. The van der Waals surface area contributed by atoms with Gasteiger partial charge in [0.1, 0.15) is 5.75 Å². The molecule has 18 heavy (non-hydrogen) atoms. The molecule has 2 nitrogen and oxygen atoms in total. The summed E-state index contributed by atoms with van der Waals surface area (Å²) in [7, 11) is 1.71. The van der Waals surface area contributed by atoms with Crippen LogP contribution in [0.4, 0.5) is 0 Å². The third kappa shape index (κ3) is 1.76. The molecule has 0 unspecified atom stereocenters. The summed E-state index contributed by atoms with van der Waals surface area (Å²) < 4.78 is 5.35. The summed E-state index contributed by atoms with van der Waals surface area (Å²) in [6.07, 6.45) is 0. The van der Waals surface area contributed by atoms with Crippen LogP contribution in [0.3, 0.4) is 0 Å². The van der Waals surface area contributed by atoms with Crippen LogP contribution in [0.5, 0.6) is 5.75 Å². The molecule has 0 aliphatic carbocycles. The van der Waals surface area contributed by atoms with Crippen LogP contribution >= 0.6 is 0 Å². The molecular weight excluding hydrogens is 222 g/mol. The zero-order valence-corrected chi connectivity index (χ0v) is 10.5. The van der Waals surface area contributed by atoms with Crippen LogP contribution in [-0.2, 0) is 0 Å². The first kappa shape index (κ1) is 10.9. The highest BCUT2D eigenvalue weighted by Crippen LogP contribution is 2.29. The van der Waals surface area contributed by atoms with Crippen molar-refractivity contribution in [2.45, 2.75) is 6.92 Å². The molecule has 1 heterocycles. The van der Waals surface area contributed by atoms with Crippen LogP contribution in [-0.4, -0.2) is 12.1 Å². The van der Waals surface area contributed by atoms with E-state index in [0.29, 0.717) is 0 Å². The molecule has 90 valence electrons. The minimum atomic E-state index is 0.932. The molecule has 0 fully saturated rings. The molecule has 0 atom stereocenters. The number of aromatic nitrogens is 1. The van der Waals surface area contributed by atoms with Crippen LogP contribution in [0, 0.1) is 6.92 Å². The SMILES string of the molecule is COc1cc2cc(-c3ccccc3)[nH]c2cc1C. The van der Waals surface area contributed by atoms with E-state index in [9.17, 15) is 0 Å². The number of rotatable bonds is 2. The number of hydrogen-bond acceptors (Lipinski definition) is 1. The number of benzene rings is 2. The highest BCUT2D eigenvalue weighted by atomic mass is 16.5. The van der Waals surface area contributed by atoms with Crippen LogP contribution in [0.25, 0.3) is 22.2 Å². The topological polar surface area (TPSA) is 25.0 Å². The van der Waals surface area contributed by atoms with Crippen molar-refractivity contribution < 1.29 is 4.74 Å². The van der Waals surface area contributed by atoms with Crippen molar-refractivity contribution in [2.75, 3.05) is 7.11 Å². The first-order valence-corrected chi connectivity index (χ1v) is 6.01. The Hall–Kier alpha value is -2.22. The average Bonchev–Trinajstić information content (AvgIpc) is 2.81. The molecule has 0 amide bonds. The maximum atomic E-state index is 5.35. The molecule has 2 aromatic carbocycles. The van der Waals surface area contributed by atoms with Gasteiger partial charge in [-0.05, 0) is 36.2 Å². The summed E-state index contributed by atoms with van der Waals surface area (Å²) in [6.45, 7) is 2.06. The molecule has 0 aliphatic heterocycles. The van der Waals surface area contributed by atoms with E-state index in [0.717, 1.165) is 22.5 Å². The van der Waals surface area contributed by atoms with E-state index >= 15 is 0 Å². The van der Waals surface area contributed by atoms with Crippen molar-refractivity contribution in [3.05, 3.63) is 54.1 Å². The van der Waals surface area contributed by atoms with Gasteiger partial charge in [-0.1, -0.05) is 30.3 Å². The Bertz CT molecular complexity index is 683. The fourth-order valence-corrected chi connectivity index (χ4v) is 2.26. The second-order valence-electron chi connectivity index (χ2n) is 4.46. The van der Waals surface area contributed by atoms with Gasteiger partial charge >= 0.3 is 0 Å². The lowest BCUT2D eigenvalue weighted by atomic mass is 10.1. The van der Waals surface area contributed by atoms with Crippen molar-refractivity contribution >= 4 is 10.9 Å². The fourth-order valence-electron chi connectivity index (χ4n) is 2.26. The first-order chi connectivity index (χ1) is 8.78. The normalized spacial score (nSPS) is 10.8. The van der Waals surface area contributed by atoms with Crippen molar-refractivity contribution in [2.24, 2.45) is 0 Å². The average molecular weight is 237 g/mol. The van der Waals surface area contributed by atoms with E-state index in [2.05, 4.69) is 42.2 Å². The smallest absolute Gasteiger partial charge is 0.122 e. The van der Waals surface area contributed by atoms with Crippen LogP contribution in [0.2, 0.25) is 0 Å². The van der Waals surface area contributed by atoms with Gasteiger partial charge in [-0.25, -0.2) is 0 Å². The van der Waals surface area contributed by atoms with Crippen LogP contribution in [0.1, 0.15) is 5.56 Å². The van der Waals surface area contributed by atoms with Gasteiger partial charge in [-0.3, -0.25) is 0 Å². The number of H-pyrrole nitrogens is 1. The number of aryl methyl sites for hydroxylation is 1.